The molecule has 1 aliphatic rings. The monoisotopic (exact) mass is 466 g/mol. The summed E-state index contributed by atoms with van der Waals surface area (Å²) in [7, 11) is 0. The number of hydrogen-bond acceptors (Lipinski definition) is 9. The summed E-state index contributed by atoms with van der Waals surface area (Å²) in [5.41, 5.74) is 1.50. The van der Waals surface area contributed by atoms with Crippen LogP contribution in [0.2, 0.25) is 0 Å². The average molecular weight is 466 g/mol. The number of piperidine rings is 1. The number of nitriles is 1. The van der Waals surface area contributed by atoms with Gasteiger partial charge in [0.15, 0.2) is 12.0 Å². The van der Waals surface area contributed by atoms with E-state index in [2.05, 4.69) is 31.4 Å². The Morgan fingerprint density at radius 1 is 1.41 bits per heavy atom. The molecule has 0 aliphatic carbocycles. The number of aryl methyl sites for hydroxylation is 1. The third-order valence-electron chi connectivity index (χ3n) is 5.39. The molecular formula is C22H23FN8O3. The van der Waals surface area contributed by atoms with Gasteiger partial charge < -0.3 is 20.1 Å². The van der Waals surface area contributed by atoms with Gasteiger partial charge in [-0.15, -0.1) is 0 Å². The molecule has 11 nitrogen and oxygen atoms in total. The van der Waals surface area contributed by atoms with Crippen LogP contribution in [0.5, 0.6) is 5.75 Å². The Kier molecular flexibility index (Phi) is 6.93. The zero-order valence-corrected chi connectivity index (χ0v) is 18.4. The number of rotatable bonds is 7. The number of benzene rings is 1. The number of hydrogen-bond donors (Lipinski definition) is 2. The summed E-state index contributed by atoms with van der Waals surface area (Å²) in [6.45, 7) is 2.16. The number of likely N-dealkylation sites (tertiary alicyclic amines) is 1. The second kappa shape index (κ2) is 10.2. The van der Waals surface area contributed by atoms with Gasteiger partial charge in [-0.05, 0) is 25.1 Å². The quantitative estimate of drug-likeness (QED) is 0.532. The molecule has 1 fully saturated rings. The van der Waals surface area contributed by atoms with E-state index < -0.39 is 24.8 Å². The molecule has 2 atom stereocenters. The molecule has 0 bridgehead atoms. The Balaban J connectivity index is 1.48. The standard InChI is InChI=1S/C22H23FN8O3/c1-2-31-10-16(9-27-31)28-22-26-13-25-21(29-22)14-3-4-18(15(7-14)8-24)34-19-5-6-30(11-17(19)23)20(33)12-32/h3-4,7,9-10,13,17,19,32H,2,5-6,11-12H2,1H3,(H,25,26,28,29)/t17-,19?/m1/s1. The minimum absolute atomic E-state index is 0.165. The summed E-state index contributed by atoms with van der Waals surface area (Å²) in [5.74, 6) is 0.389. The van der Waals surface area contributed by atoms with Gasteiger partial charge in [0.05, 0.1) is 24.0 Å². The van der Waals surface area contributed by atoms with Gasteiger partial charge in [-0.2, -0.15) is 15.3 Å². The molecule has 2 aromatic heterocycles. The van der Waals surface area contributed by atoms with Crippen LogP contribution in [-0.2, 0) is 11.3 Å². The van der Waals surface area contributed by atoms with E-state index in [4.69, 9.17) is 9.84 Å². The van der Waals surface area contributed by atoms with Gasteiger partial charge in [-0.25, -0.2) is 14.4 Å². The van der Waals surface area contributed by atoms with Crippen LogP contribution >= 0.6 is 0 Å². The Bertz CT molecular complexity index is 1210. The molecule has 34 heavy (non-hydrogen) atoms. The van der Waals surface area contributed by atoms with Crippen LogP contribution in [0.25, 0.3) is 11.4 Å². The predicted octanol–water partition coefficient (Wildman–Crippen LogP) is 1.68. The molecule has 1 amide bonds. The minimum Gasteiger partial charge on any atom is -0.486 e. The molecule has 12 heteroatoms. The zero-order chi connectivity index (χ0) is 24.1. The first-order valence-electron chi connectivity index (χ1n) is 10.7. The van der Waals surface area contributed by atoms with E-state index in [1.807, 2.05) is 13.1 Å². The van der Waals surface area contributed by atoms with Crippen LogP contribution in [0, 0.1) is 11.3 Å². The van der Waals surface area contributed by atoms with Crippen molar-refractivity contribution >= 4 is 17.5 Å². The molecule has 0 saturated carbocycles. The van der Waals surface area contributed by atoms with Crippen LogP contribution in [-0.4, -0.2) is 72.6 Å². The van der Waals surface area contributed by atoms with Crippen LogP contribution < -0.4 is 10.1 Å². The maximum atomic E-state index is 14.6. The van der Waals surface area contributed by atoms with Gasteiger partial charge in [-0.3, -0.25) is 9.48 Å². The molecule has 3 aromatic rings. The fourth-order valence-corrected chi connectivity index (χ4v) is 3.59. The highest BCUT2D eigenvalue weighted by molar-refractivity contribution is 5.77. The van der Waals surface area contributed by atoms with Crippen molar-refractivity contribution in [1.82, 2.24) is 29.6 Å². The predicted molar refractivity (Wildman–Crippen MR) is 119 cm³/mol. The first-order chi connectivity index (χ1) is 16.5. The number of amides is 1. The number of aliphatic hydroxyl groups excluding tert-OH is 1. The number of alkyl halides is 1. The molecule has 0 spiro atoms. The van der Waals surface area contributed by atoms with Crippen molar-refractivity contribution in [3.8, 4) is 23.2 Å². The first-order valence-corrected chi connectivity index (χ1v) is 10.7. The summed E-state index contributed by atoms with van der Waals surface area (Å²) < 4.78 is 22.1. The highest BCUT2D eigenvalue weighted by Gasteiger charge is 2.33. The number of halogens is 1. The van der Waals surface area contributed by atoms with Crippen molar-refractivity contribution in [2.24, 2.45) is 0 Å². The lowest BCUT2D eigenvalue weighted by atomic mass is 10.0. The second-order valence-electron chi connectivity index (χ2n) is 7.62. The molecule has 1 aromatic carbocycles. The van der Waals surface area contributed by atoms with E-state index >= 15 is 0 Å². The highest BCUT2D eigenvalue weighted by atomic mass is 19.1. The van der Waals surface area contributed by atoms with Gasteiger partial charge >= 0.3 is 0 Å². The summed E-state index contributed by atoms with van der Waals surface area (Å²) in [6, 6.07) is 6.90. The van der Waals surface area contributed by atoms with E-state index in [9.17, 15) is 14.4 Å². The fraction of sp³-hybridized carbons (Fsp3) is 0.364. The van der Waals surface area contributed by atoms with E-state index in [-0.39, 0.29) is 30.8 Å². The van der Waals surface area contributed by atoms with Crippen molar-refractivity contribution < 1.29 is 19.0 Å². The lowest BCUT2D eigenvalue weighted by Gasteiger charge is -2.34. The topological polar surface area (TPSA) is 142 Å². The number of carbonyl (C=O) groups is 1. The van der Waals surface area contributed by atoms with Crippen molar-refractivity contribution in [2.45, 2.75) is 32.2 Å². The van der Waals surface area contributed by atoms with Crippen LogP contribution in [0.4, 0.5) is 16.0 Å². The van der Waals surface area contributed by atoms with Gasteiger partial charge in [0.25, 0.3) is 0 Å². The Labute approximate surface area is 194 Å². The molecule has 3 heterocycles. The van der Waals surface area contributed by atoms with Gasteiger partial charge in [0, 0.05) is 31.3 Å². The second-order valence-corrected chi connectivity index (χ2v) is 7.62. The van der Waals surface area contributed by atoms with Crippen molar-refractivity contribution in [3.63, 3.8) is 0 Å². The Hall–Kier alpha value is -4.11. The summed E-state index contributed by atoms with van der Waals surface area (Å²) in [6.07, 6.45) is 2.85. The highest BCUT2D eigenvalue weighted by Crippen LogP contribution is 2.28. The Morgan fingerprint density at radius 2 is 2.26 bits per heavy atom. The fourth-order valence-electron chi connectivity index (χ4n) is 3.59. The molecule has 4 rings (SSSR count). The lowest BCUT2D eigenvalue weighted by Crippen LogP contribution is -2.50. The van der Waals surface area contributed by atoms with Gasteiger partial charge in [-0.1, -0.05) is 0 Å². The first kappa shape index (κ1) is 23.1. The molecule has 2 N–H and O–H groups in total. The van der Waals surface area contributed by atoms with E-state index in [0.29, 0.717) is 17.3 Å². The summed E-state index contributed by atoms with van der Waals surface area (Å²) in [4.78, 5) is 25.6. The smallest absolute Gasteiger partial charge is 0.248 e. The summed E-state index contributed by atoms with van der Waals surface area (Å²) >= 11 is 0. The van der Waals surface area contributed by atoms with E-state index in [0.717, 1.165) is 12.2 Å². The Morgan fingerprint density at radius 3 is 2.97 bits per heavy atom. The lowest BCUT2D eigenvalue weighted by molar-refractivity contribution is -0.138. The normalized spacial score (nSPS) is 17.8. The van der Waals surface area contributed by atoms with Crippen molar-refractivity contribution in [2.75, 3.05) is 25.0 Å². The molecule has 1 unspecified atom stereocenters. The number of nitrogens with one attached hydrogen (secondary N) is 1. The third-order valence-corrected chi connectivity index (χ3v) is 5.39. The van der Waals surface area contributed by atoms with Crippen molar-refractivity contribution in [1.29, 1.82) is 5.26 Å². The van der Waals surface area contributed by atoms with Crippen LogP contribution in [0.3, 0.4) is 0 Å². The molecular weight excluding hydrogens is 443 g/mol. The molecule has 0 radical (unpaired) electrons. The number of aliphatic hydroxyl groups is 1. The number of ether oxygens (including phenoxy) is 1. The van der Waals surface area contributed by atoms with Gasteiger partial charge in [0.2, 0.25) is 11.9 Å². The minimum atomic E-state index is -1.44. The van der Waals surface area contributed by atoms with Crippen molar-refractivity contribution in [3.05, 3.63) is 42.5 Å². The number of carbonyl (C=O) groups excluding carboxylic acids is 1. The van der Waals surface area contributed by atoms with E-state index in [1.54, 1.807) is 29.1 Å². The molecule has 176 valence electrons. The van der Waals surface area contributed by atoms with Crippen LogP contribution in [0.15, 0.2) is 36.9 Å². The molecule has 1 saturated heterocycles. The van der Waals surface area contributed by atoms with Gasteiger partial charge in [0.1, 0.15) is 30.9 Å². The van der Waals surface area contributed by atoms with E-state index in [1.165, 1.54) is 11.2 Å². The maximum Gasteiger partial charge on any atom is 0.248 e. The number of nitrogens with zero attached hydrogens (tertiary/aromatic N) is 7. The largest absolute Gasteiger partial charge is 0.486 e. The van der Waals surface area contributed by atoms with Crippen LogP contribution in [0.1, 0.15) is 18.9 Å². The zero-order valence-electron chi connectivity index (χ0n) is 18.4. The average Bonchev–Trinajstić information content (AvgIpc) is 3.32. The SMILES string of the molecule is CCn1cc(Nc2ncnc(-c3ccc(OC4CCN(C(=O)CO)C[C@H]4F)c(C#N)c3)n2)cn1. The summed E-state index contributed by atoms with van der Waals surface area (Å²) in [5, 5.41) is 25.8. The molecule has 1 aliphatic heterocycles. The number of aromatic nitrogens is 5. The maximum absolute atomic E-state index is 14.6. The number of anilines is 2. The third kappa shape index (κ3) is 5.10.